The molecule has 0 amide bonds. The van der Waals surface area contributed by atoms with Gasteiger partial charge in [0.2, 0.25) is 5.95 Å². The SMILES string of the molecule is C=CCn1nnnc1Nc1ccc[nH]c1=S. The van der Waals surface area contributed by atoms with Crippen molar-refractivity contribution >= 4 is 23.9 Å². The topological polar surface area (TPSA) is 71.4 Å². The molecule has 2 aromatic heterocycles. The van der Waals surface area contributed by atoms with Gasteiger partial charge in [0, 0.05) is 6.20 Å². The molecule has 0 aromatic carbocycles. The summed E-state index contributed by atoms with van der Waals surface area (Å²) in [6, 6.07) is 3.70. The number of rotatable bonds is 4. The van der Waals surface area contributed by atoms with Gasteiger partial charge in [-0.1, -0.05) is 23.4 Å². The number of H-pyrrole nitrogens is 1. The fourth-order valence-electron chi connectivity index (χ4n) is 1.18. The molecular weight excluding hydrogens is 224 g/mol. The molecule has 0 aliphatic carbocycles. The normalized spacial score (nSPS) is 10.0. The van der Waals surface area contributed by atoms with Gasteiger partial charge in [-0.15, -0.1) is 6.58 Å². The Labute approximate surface area is 97.0 Å². The third-order valence-corrected chi connectivity index (χ3v) is 2.24. The van der Waals surface area contributed by atoms with Crippen molar-refractivity contribution in [2.24, 2.45) is 0 Å². The first-order valence-corrected chi connectivity index (χ1v) is 5.04. The van der Waals surface area contributed by atoms with Crippen molar-refractivity contribution in [1.29, 1.82) is 0 Å². The molecule has 0 aliphatic heterocycles. The van der Waals surface area contributed by atoms with Crippen LogP contribution >= 0.6 is 12.2 Å². The summed E-state index contributed by atoms with van der Waals surface area (Å²) < 4.78 is 2.20. The lowest BCUT2D eigenvalue weighted by Gasteiger charge is -2.04. The lowest BCUT2D eigenvalue weighted by atomic mass is 10.4. The van der Waals surface area contributed by atoms with E-state index in [1.54, 1.807) is 17.0 Å². The first kappa shape index (κ1) is 10.5. The maximum atomic E-state index is 5.12. The van der Waals surface area contributed by atoms with Gasteiger partial charge >= 0.3 is 0 Å². The Balaban J connectivity index is 2.27. The van der Waals surface area contributed by atoms with Crippen LogP contribution in [0.4, 0.5) is 11.6 Å². The van der Waals surface area contributed by atoms with Crippen LogP contribution in [0.5, 0.6) is 0 Å². The summed E-state index contributed by atoms with van der Waals surface area (Å²) in [5.74, 6) is 0.533. The minimum Gasteiger partial charge on any atom is -0.351 e. The molecule has 0 aliphatic rings. The van der Waals surface area contributed by atoms with E-state index in [4.69, 9.17) is 12.2 Å². The third-order valence-electron chi connectivity index (χ3n) is 1.90. The molecule has 0 spiro atoms. The highest BCUT2D eigenvalue weighted by molar-refractivity contribution is 7.71. The van der Waals surface area contributed by atoms with Crippen molar-refractivity contribution in [3.63, 3.8) is 0 Å². The van der Waals surface area contributed by atoms with Gasteiger partial charge in [0.1, 0.15) is 4.64 Å². The lowest BCUT2D eigenvalue weighted by molar-refractivity contribution is 0.666. The Hall–Kier alpha value is -2.02. The minimum atomic E-state index is 0.533. The summed E-state index contributed by atoms with van der Waals surface area (Å²) >= 11 is 5.12. The number of anilines is 2. The van der Waals surface area contributed by atoms with Crippen molar-refractivity contribution in [2.75, 3.05) is 5.32 Å². The summed E-state index contributed by atoms with van der Waals surface area (Å²) in [6.45, 7) is 4.17. The van der Waals surface area contributed by atoms with Crippen LogP contribution in [0.15, 0.2) is 31.0 Å². The smallest absolute Gasteiger partial charge is 0.247 e. The molecule has 0 saturated heterocycles. The molecular formula is C9H10N6S. The van der Waals surface area contributed by atoms with Crippen LogP contribution in [0.1, 0.15) is 0 Å². The van der Waals surface area contributed by atoms with Crippen LogP contribution in [-0.2, 0) is 6.54 Å². The van der Waals surface area contributed by atoms with Crippen molar-refractivity contribution < 1.29 is 0 Å². The van der Waals surface area contributed by atoms with E-state index >= 15 is 0 Å². The summed E-state index contributed by atoms with van der Waals surface area (Å²) in [5.41, 5.74) is 0.762. The van der Waals surface area contributed by atoms with Crippen LogP contribution in [0, 0.1) is 4.64 Å². The van der Waals surface area contributed by atoms with Crippen molar-refractivity contribution in [1.82, 2.24) is 25.2 Å². The maximum Gasteiger partial charge on any atom is 0.247 e. The zero-order valence-corrected chi connectivity index (χ0v) is 9.24. The minimum absolute atomic E-state index is 0.533. The highest BCUT2D eigenvalue weighted by Crippen LogP contribution is 2.12. The van der Waals surface area contributed by atoms with E-state index < -0.39 is 0 Å². The predicted octanol–water partition coefficient (Wildman–Crippen LogP) is 1.66. The van der Waals surface area contributed by atoms with E-state index in [2.05, 4.69) is 32.4 Å². The number of hydrogen-bond donors (Lipinski definition) is 2. The molecule has 2 aromatic rings. The van der Waals surface area contributed by atoms with Gasteiger partial charge in [0.05, 0.1) is 12.2 Å². The Bertz CT molecular complexity index is 543. The number of pyridine rings is 1. The van der Waals surface area contributed by atoms with Gasteiger partial charge in [0.15, 0.2) is 0 Å². The number of allylic oxidation sites excluding steroid dienone is 1. The molecule has 16 heavy (non-hydrogen) atoms. The quantitative estimate of drug-likeness (QED) is 0.622. The molecule has 2 rings (SSSR count). The van der Waals surface area contributed by atoms with E-state index in [0.29, 0.717) is 17.1 Å². The first-order valence-electron chi connectivity index (χ1n) is 4.63. The fourth-order valence-corrected chi connectivity index (χ4v) is 1.37. The number of hydrogen-bond acceptors (Lipinski definition) is 5. The van der Waals surface area contributed by atoms with Crippen LogP contribution < -0.4 is 5.32 Å². The van der Waals surface area contributed by atoms with Crippen LogP contribution in [0.2, 0.25) is 0 Å². The molecule has 0 atom stereocenters. The average Bonchev–Trinajstić information content (AvgIpc) is 2.70. The van der Waals surface area contributed by atoms with E-state index in [9.17, 15) is 0 Å². The molecule has 2 heterocycles. The van der Waals surface area contributed by atoms with Crippen LogP contribution in [0.25, 0.3) is 0 Å². The van der Waals surface area contributed by atoms with E-state index in [-0.39, 0.29) is 0 Å². The van der Waals surface area contributed by atoms with Gasteiger partial charge < -0.3 is 10.3 Å². The van der Waals surface area contributed by atoms with Crippen molar-refractivity contribution in [3.05, 3.63) is 35.6 Å². The Kier molecular flexibility index (Phi) is 3.06. The van der Waals surface area contributed by atoms with Crippen molar-refractivity contribution in [3.8, 4) is 0 Å². The largest absolute Gasteiger partial charge is 0.351 e. The molecule has 0 fully saturated rings. The molecule has 82 valence electrons. The van der Waals surface area contributed by atoms with Crippen LogP contribution in [0.3, 0.4) is 0 Å². The Morgan fingerprint density at radius 2 is 2.50 bits per heavy atom. The molecule has 0 radical (unpaired) electrons. The zero-order chi connectivity index (χ0) is 11.4. The fraction of sp³-hybridized carbons (Fsp3) is 0.111. The van der Waals surface area contributed by atoms with Gasteiger partial charge in [-0.05, 0) is 22.6 Å². The maximum absolute atomic E-state index is 5.12. The zero-order valence-electron chi connectivity index (χ0n) is 8.42. The van der Waals surface area contributed by atoms with Gasteiger partial charge in [-0.2, -0.15) is 0 Å². The highest BCUT2D eigenvalue weighted by atomic mass is 32.1. The van der Waals surface area contributed by atoms with E-state index in [1.807, 2.05) is 12.1 Å². The number of tetrazole rings is 1. The second kappa shape index (κ2) is 4.67. The summed E-state index contributed by atoms with van der Waals surface area (Å²) in [6.07, 6.45) is 3.48. The molecule has 2 N–H and O–H groups in total. The highest BCUT2D eigenvalue weighted by Gasteiger charge is 2.04. The first-order chi connectivity index (χ1) is 7.81. The van der Waals surface area contributed by atoms with Crippen LogP contribution in [-0.4, -0.2) is 25.2 Å². The Morgan fingerprint density at radius 1 is 1.62 bits per heavy atom. The summed E-state index contributed by atoms with van der Waals surface area (Å²) in [7, 11) is 0. The number of aromatic nitrogens is 5. The Morgan fingerprint density at radius 3 is 3.25 bits per heavy atom. The molecule has 0 bridgehead atoms. The van der Waals surface area contributed by atoms with Gasteiger partial charge in [-0.3, -0.25) is 0 Å². The number of nitrogens with zero attached hydrogens (tertiary/aromatic N) is 4. The van der Waals surface area contributed by atoms with Gasteiger partial charge in [-0.25, -0.2) is 4.68 Å². The lowest BCUT2D eigenvalue weighted by Crippen LogP contribution is -2.04. The standard InChI is InChI=1S/C9H10N6S/c1-2-6-15-9(12-13-14-15)11-7-4-3-5-10-8(7)16/h2-5H,1,6H2,(H,10,16)(H,11,12,14). The number of aromatic amines is 1. The van der Waals surface area contributed by atoms with E-state index in [1.165, 1.54) is 0 Å². The average molecular weight is 234 g/mol. The molecule has 6 nitrogen and oxygen atoms in total. The molecule has 0 saturated carbocycles. The van der Waals surface area contributed by atoms with Crippen molar-refractivity contribution in [2.45, 2.75) is 6.54 Å². The van der Waals surface area contributed by atoms with E-state index in [0.717, 1.165) is 5.69 Å². The second-order valence-electron chi connectivity index (χ2n) is 3.01. The molecule has 7 heteroatoms. The molecule has 0 unspecified atom stereocenters. The monoisotopic (exact) mass is 234 g/mol. The number of nitrogens with one attached hydrogen (secondary N) is 2. The second-order valence-corrected chi connectivity index (χ2v) is 3.42. The summed E-state index contributed by atoms with van der Waals surface area (Å²) in [4.78, 5) is 2.92. The third kappa shape index (κ3) is 2.14. The summed E-state index contributed by atoms with van der Waals surface area (Å²) in [5, 5.41) is 14.3. The predicted molar refractivity (Wildman–Crippen MR) is 62.9 cm³/mol. The van der Waals surface area contributed by atoms with Gasteiger partial charge in [0.25, 0.3) is 0 Å².